The Balaban J connectivity index is 2.02. The normalized spacial score (nSPS) is 10.6. The van der Waals surface area contributed by atoms with Gasteiger partial charge in [0.05, 0.1) is 11.4 Å². The molecule has 1 aromatic carbocycles. The molecule has 1 N–H and O–H groups in total. The Hall–Kier alpha value is -2.49. The third-order valence-electron chi connectivity index (χ3n) is 2.56. The highest BCUT2D eigenvalue weighted by molar-refractivity contribution is 6.02. The predicted molar refractivity (Wildman–Crippen MR) is 73.0 cm³/mol. The van der Waals surface area contributed by atoms with Crippen LogP contribution in [0.5, 0.6) is 0 Å². The largest absolute Gasteiger partial charge is 0.321 e. The lowest BCUT2D eigenvalue weighted by Crippen LogP contribution is -2.09. The number of hydrogen-bond acceptors (Lipinski definition) is 2. The predicted octanol–water partition coefficient (Wildman–Crippen LogP) is 3.18. The van der Waals surface area contributed by atoms with Crippen LogP contribution in [-0.4, -0.2) is 10.9 Å². The second-order valence-electron chi connectivity index (χ2n) is 4.01. The van der Waals surface area contributed by atoms with Gasteiger partial charge in [0, 0.05) is 12.3 Å². The third-order valence-corrected chi connectivity index (χ3v) is 2.56. The number of carbonyl (C=O) groups is 1. The van der Waals surface area contributed by atoms with Crippen molar-refractivity contribution in [3.8, 4) is 0 Å². The summed E-state index contributed by atoms with van der Waals surface area (Å²) in [5.74, 6) is -0.548. The Kier molecular flexibility index (Phi) is 4.03. The lowest BCUT2D eigenvalue weighted by molar-refractivity contribution is -0.111. The number of nitrogens with one attached hydrogen (secondary N) is 1. The number of pyridine rings is 1. The number of rotatable bonds is 3. The van der Waals surface area contributed by atoms with E-state index in [1.54, 1.807) is 36.5 Å². The number of anilines is 1. The van der Waals surface area contributed by atoms with Gasteiger partial charge in [0.25, 0.3) is 0 Å². The minimum absolute atomic E-state index is 0.250. The van der Waals surface area contributed by atoms with Gasteiger partial charge in [-0.3, -0.25) is 9.78 Å². The molecule has 1 heterocycles. The topological polar surface area (TPSA) is 42.0 Å². The van der Waals surface area contributed by atoms with E-state index in [1.165, 1.54) is 18.2 Å². The SMILES string of the molecule is Cc1ncccc1NC(=O)/C=C\c1ccc(F)cc1. The van der Waals surface area contributed by atoms with Crippen LogP contribution in [-0.2, 0) is 4.79 Å². The standard InChI is InChI=1S/C15H13FN2O/c1-11-14(3-2-10-17-11)18-15(19)9-6-12-4-7-13(16)8-5-12/h2-10H,1H3,(H,18,19)/b9-6-. The van der Waals surface area contributed by atoms with Crippen LogP contribution >= 0.6 is 0 Å². The Morgan fingerprint density at radius 1 is 1.26 bits per heavy atom. The Labute approximate surface area is 110 Å². The monoisotopic (exact) mass is 256 g/mol. The van der Waals surface area contributed by atoms with E-state index in [1.807, 2.05) is 6.92 Å². The molecule has 1 aromatic heterocycles. The van der Waals surface area contributed by atoms with E-state index >= 15 is 0 Å². The Bertz CT molecular complexity index is 606. The molecule has 0 saturated heterocycles. The quantitative estimate of drug-likeness (QED) is 0.857. The van der Waals surface area contributed by atoms with Crippen LogP contribution in [0, 0.1) is 12.7 Å². The molecule has 1 amide bonds. The maximum Gasteiger partial charge on any atom is 0.248 e. The number of halogens is 1. The first-order valence-electron chi connectivity index (χ1n) is 5.81. The van der Waals surface area contributed by atoms with Crippen molar-refractivity contribution in [2.24, 2.45) is 0 Å². The van der Waals surface area contributed by atoms with Gasteiger partial charge in [-0.15, -0.1) is 0 Å². The van der Waals surface area contributed by atoms with Crippen molar-refractivity contribution in [1.82, 2.24) is 4.98 Å². The van der Waals surface area contributed by atoms with Gasteiger partial charge in [0.15, 0.2) is 0 Å². The minimum atomic E-state index is -0.299. The summed E-state index contributed by atoms with van der Waals surface area (Å²) in [5.41, 5.74) is 2.20. The average molecular weight is 256 g/mol. The van der Waals surface area contributed by atoms with Crippen LogP contribution in [0.15, 0.2) is 48.7 Å². The van der Waals surface area contributed by atoms with E-state index < -0.39 is 0 Å². The fourth-order valence-electron chi connectivity index (χ4n) is 1.54. The number of hydrogen-bond donors (Lipinski definition) is 1. The van der Waals surface area contributed by atoms with Crippen molar-refractivity contribution in [1.29, 1.82) is 0 Å². The molecule has 19 heavy (non-hydrogen) atoms. The average Bonchev–Trinajstić information content (AvgIpc) is 2.41. The summed E-state index contributed by atoms with van der Waals surface area (Å²) < 4.78 is 12.7. The van der Waals surface area contributed by atoms with Crippen LogP contribution in [0.25, 0.3) is 6.08 Å². The molecule has 3 nitrogen and oxygen atoms in total. The number of aromatic nitrogens is 1. The first-order valence-corrected chi connectivity index (χ1v) is 5.81. The van der Waals surface area contributed by atoms with Crippen molar-refractivity contribution in [2.45, 2.75) is 6.92 Å². The lowest BCUT2D eigenvalue weighted by Gasteiger charge is -2.04. The molecule has 4 heteroatoms. The smallest absolute Gasteiger partial charge is 0.248 e. The molecule has 2 rings (SSSR count). The molecule has 0 aliphatic rings. The first-order chi connectivity index (χ1) is 9.15. The van der Waals surface area contributed by atoms with E-state index in [4.69, 9.17) is 0 Å². The second kappa shape index (κ2) is 5.91. The highest BCUT2D eigenvalue weighted by Gasteiger charge is 2.01. The van der Waals surface area contributed by atoms with Gasteiger partial charge in [-0.1, -0.05) is 12.1 Å². The molecule has 0 atom stereocenters. The Morgan fingerprint density at radius 3 is 2.68 bits per heavy atom. The molecule has 0 saturated carbocycles. The summed E-state index contributed by atoms with van der Waals surface area (Å²) in [6.07, 6.45) is 4.69. The molecule has 2 aromatic rings. The van der Waals surface area contributed by atoms with Crippen LogP contribution in [0.3, 0.4) is 0 Å². The molecule has 0 radical (unpaired) electrons. The number of aryl methyl sites for hydroxylation is 1. The van der Waals surface area contributed by atoms with Crippen molar-refractivity contribution in [3.05, 3.63) is 65.7 Å². The van der Waals surface area contributed by atoms with Gasteiger partial charge in [0.2, 0.25) is 5.91 Å². The zero-order valence-electron chi connectivity index (χ0n) is 10.4. The van der Waals surface area contributed by atoms with Crippen LogP contribution in [0.4, 0.5) is 10.1 Å². The van der Waals surface area contributed by atoms with Gasteiger partial charge in [-0.05, 0) is 42.8 Å². The minimum Gasteiger partial charge on any atom is -0.321 e. The maximum atomic E-state index is 12.7. The van der Waals surface area contributed by atoms with E-state index in [0.717, 1.165) is 11.3 Å². The first kappa shape index (κ1) is 13.0. The number of nitrogens with zero attached hydrogens (tertiary/aromatic N) is 1. The molecule has 0 spiro atoms. The van der Waals surface area contributed by atoms with E-state index in [2.05, 4.69) is 10.3 Å². The molecular weight excluding hydrogens is 243 g/mol. The zero-order valence-corrected chi connectivity index (χ0v) is 10.4. The summed E-state index contributed by atoms with van der Waals surface area (Å²) in [6, 6.07) is 9.45. The molecule has 0 aliphatic carbocycles. The summed E-state index contributed by atoms with van der Waals surface area (Å²) in [6.45, 7) is 1.82. The summed E-state index contributed by atoms with van der Waals surface area (Å²) in [7, 11) is 0. The summed E-state index contributed by atoms with van der Waals surface area (Å²) >= 11 is 0. The zero-order chi connectivity index (χ0) is 13.7. The van der Waals surface area contributed by atoms with Gasteiger partial charge in [-0.25, -0.2) is 4.39 Å². The molecule has 0 fully saturated rings. The number of amides is 1. The van der Waals surface area contributed by atoms with Gasteiger partial charge in [-0.2, -0.15) is 0 Å². The van der Waals surface area contributed by atoms with Crippen LogP contribution in [0.1, 0.15) is 11.3 Å². The second-order valence-corrected chi connectivity index (χ2v) is 4.01. The summed E-state index contributed by atoms with van der Waals surface area (Å²) in [5, 5.41) is 2.73. The fourth-order valence-corrected chi connectivity index (χ4v) is 1.54. The highest BCUT2D eigenvalue weighted by Crippen LogP contribution is 2.10. The summed E-state index contributed by atoms with van der Waals surface area (Å²) in [4.78, 5) is 15.8. The van der Waals surface area contributed by atoms with Crippen molar-refractivity contribution < 1.29 is 9.18 Å². The number of carbonyl (C=O) groups excluding carboxylic acids is 1. The van der Waals surface area contributed by atoms with Crippen molar-refractivity contribution in [2.75, 3.05) is 5.32 Å². The molecular formula is C15H13FN2O. The molecule has 0 aliphatic heterocycles. The van der Waals surface area contributed by atoms with E-state index in [9.17, 15) is 9.18 Å². The molecule has 96 valence electrons. The van der Waals surface area contributed by atoms with Gasteiger partial charge < -0.3 is 5.32 Å². The maximum absolute atomic E-state index is 12.7. The highest BCUT2D eigenvalue weighted by atomic mass is 19.1. The fraction of sp³-hybridized carbons (Fsp3) is 0.0667. The van der Waals surface area contributed by atoms with E-state index in [0.29, 0.717) is 5.69 Å². The van der Waals surface area contributed by atoms with Crippen molar-refractivity contribution in [3.63, 3.8) is 0 Å². The number of benzene rings is 1. The van der Waals surface area contributed by atoms with E-state index in [-0.39, 0.29) is 11.7 Å². The lowest BCUT2D eigenvalue weighted by atomic mass is 10.2. The van der Waals surface area contributed by atoms with Crippen molar-refractivity contribution >= 4 is 17.7 Å². The molecule has 0 unspecified atom stereocenters. The van der Waals surface area contributed by atoms with Crippen LogP contribution in [0.2, 0.25) is 0 Å². The van der Waals surface area contributed by atoms with Crippen LogP contribution < -0.4 is 5.32 Å². The third kappa shape index (κ3) is 3.74. The Morgan fingerprint density at radius 2 is 2.00 bits per heavy atom. The van der Waals surface area contributed by atoms with Gasteiger partial charge >= 0.3 is 0 Å². The molecule has 0 bridgehead atoms. The van der Waals surface area contributed by atoms with Gasteiger partial charge in [0.1, 0.15) is 5.82 Å².